The Hall–Kier alpha value is -2.03. The first-order valence-electron chi connectivity index (χ1n) is 8.94. The normalized spacial score (nSPS) is 16.8. The van der Waals surface area contributed by atoms with Gasteiger partial charge in [-0.25, -0.2) is 0 Å². The lowest BCUT2D eigenvalue weighted by Crippen LogP contribution is -2.50. The molecule has 26 heavy (non-hydrogen) atoms. The molecule has 2 N–H and O–H groups in total. The first kappa shape index (κ1) is 20.3. The van der Waals surface area contributed by atoms with Gasteiger partial charge < -0.3 is 15.2 Å². The highest BCUT2D eigenvalue weighted by molar-refractivity contribution is 5.92. The van der Waals surface area contributed by atoms with Crippen LogP contribution >= 0.6 is 0 Å². The molecular formula is C18H29N5O3. The summed E-state index contributed by atoms with van der Waals surface area (Å²) in [6.07, 6.45) is 5.60. The van der Waals surface area contributed by atoms with E-state index in [9.17, 15) is 9.90 Å². The Morgan fingerprint density at radius 1 is 1.38 bits per heavy atom. The smallest absolute Gasteiger partial charge is 0.273 e. The van der Waals surface area contributed by atoms with Gasteiger partial charge in [-0.05, 0) is 19.8 Å². The quantitative estimate of drug-likeness (QED) is 0.592. The topological polar surface area (TPSA) is 92.5 Å². The highest BCUT2D eigenvalue weighted by atomic mass is 16.5. The van der Waals surface area contributed by atoms with Gasteiger partial charge in [-0.2, -0.15) is 0 Å². The van der Waals surface area contributed by atoms with E-state index in [1.54, 1.807) is 30.0 Å². The number of morpholine rings is 1. The maximum atomic E-state index is 12.4. The van der Waals surface area contributed by atoms with Gasteiger partial charge in [0.05, 0.1) is 37.6 Å². The van der Waals surface area contributed by atoms with Gasteiger partial charge in [0, 0.05) is 19.6 Å². The van der Waals surface area contributed by atoms with E-state index in [0.29, 0.717) is 19.4 Å². The van der Waals surface area contributed by atoms with Gasteiger partial charge in [0.15, 0.2) is 5.69 Å². The van der Waals surface area contributed by atoms with Crippen molar-refractivity contribution in [2.75, 3.05) is 32.8 Å². The van der Waals surface area contributed by atoms with E-state index >= 15 is 0 Å². The van der Waals surface area contributed by atoms with Crippen molar-refractivity contribution >= 4 is 5.91 Å². The number of ether oxygens (including phenoxy) is 1. The van der Waals surface area contributed by atoms with Crippen molar-refractivity contribution < 1.29 is 14.6 Å². The maximum Gasteiger partial charge on any atom is 0.273 e. The first-order valence-corrected chi connectivity index (χ1v) is 8.94. The zero-order valence-electron chi connectivity index (χ0n) is 15.4. The number of nitrogens with zero attached hydrogens (tertiary/aromatic N) is 4. The second-order valence-electron chi connectivity index (χ2n) is 6.61. The average molecular weight is 363 g/mol. The summed E-state index contributed by atoms with van der Waals surface area (Å²) in [5.41, 5.74) is -0.885. The van der Waals surface area contributed by atoms with E-state index in [-0.39, 0.29) is 11.6 Å². The molecule has 1 aliphatic rings. The van der Waals surface area contributed by atoms with Crippen LogP contribution in [-0.2, 0) is 11.3 Å². The van der Waals surface area contributed by atoms with E-state index in [2.05, 4.69) is 33.7 Å². The number of carbonyl (C=O) groups excluding carboxylic acids is 1. The van der Waals surface area contributed by atoms with Crippen molar-refractivity contribution in [1.82, 2.24) is 25.2 Å². The summed E-state index contributed by atoms with van der Waals surface area (Å²) in [6.45, 7) is 13.9. The van der Waals surface area contributed by atoms with Crippen LogP contribution in [0.4, 0.5) is 0 Å². The number of nitrogens with one attached hydrogen (secondary N) is 1. The Bertz CT molecular complexity index is 600. The van der Waals surface area contributed by atoms with Crippen LogP contribution in [-0.4, -0.2) is 75.4 Å². The number of aliphatic hydroxyl groups is 1. The Balaban J connectivity index is 1.89. The van der Waals surface area contributed by atoms with Crippen LogP contribution in [0.3, 0.4) is 0 Å². The van der Waals surface area contributed by atoms with E-state index in [4.69, 9.17) is 4.74 Å². The fourth-order valence-electron chi connectivity index (χ4n) is 2.92. The minimum atomic E-state index is -1.12. The molecule has 1 amide bonds. The molecule has 1 aromatic heterocycles. The van der Waals surface area contributed by atoms with Crippen molar-refractivity contribution in [2.45, 2.75) is 38.0 Å². The minimum Gasteiger partial charge on any atom is -0.387 e. The molecule has 0 saturated carbocycles. The summed E-state index contributed by atoms with van der Waals surface area (Å²) in [4.78, 5) is 14.7. The van der Waals surface area contributed by atoms with Crippen LogP contribution in [0.1, 0.15) is 30.3 Å². The molecule has 1 fully saturated rings. The van der Waals surface area contributed by atoms with Gasteiger partial charge in [-0.3, -0.25) is 14.4 Å². The van der Waals surface area contributed by atoms with Gasteiger partial charge in [0.1, 0.15) is 0 Å². The van der Waals surface area contributed by atoms with Crippen molar-refractivity contribution in [3.05, 3.63) is 37.2 Å². The molecule has 1 aliphatic heterocycles. The number of amides is 1. The van der Waals surface area contributed by atoms with Gasteiger partial charge in [0.25, 0.3) is 5.91 Å². The lowest BCUT2D eigenvalue weighted by atomic mass is 9.88. The molecule has 2 rings (SSSR count). The fourth-order valence-corrected chi connectivity index (χ4v) is 2.92. The average Bonchev–Trinajstić information content (AvgIpc) is 3.10. The second-order valence-corrected chi connectivity index (χ2v) is 6.61. The molecule has 1 saturated heterocycles. The number of aromatic nitrogens is 3. The largest absolute Gasteiger partial charge is 0.387 e. The molecule has 0 unspecified atom stereocenters. The van der Waals surface area contributed by atoms with Gasteiger partial charge in [0.2, 0.25) is 0 Å². The molecule has 2 heterocycles. The second kappa shape index (κ2) is 9.61. The van der Waals surface area contributed by atoms with Crippen molar-refractivity contribution in [3.8, 4) is 0 Å². The maximum absolute atomic E-state index is 12.4. The van der Waals surface area contributed by atoms with Crippen LogP contribution in [0.25, 0.3) is 0 Å². The van der Waals surface area contributed by atoms with Crippen molar-refractivity contribution in [3.63, 3.8) is 0 Å². The summed E-state index contributed by atoms with van der Waals surface area (Å²) in [7, 11) is 0. The molecule has 0 spiro atoms. The molecular weight excluding hydrogens is 334 g/mol. The van der Waals surface area contributed by atoms with E-state index in [1.807, 2.05) is 0 Å². The van der Waals surface area contributed by atoms with Gasteiger partial charge >= 0.3 is 0 Å². The van der Waals surface area contributed by atoms with Crippen LogP contribution < -0.4 is 5.32 Å². The molecule has 1 aromatic rings. The lowest BCUT2D eigenvalue weighted by molar-refractivity contribution is 0.0127. The van der Waals surface area contributed by atoms with Crippen LogP contribution in [0.15, 0.2) is 31.5 Å². The number of carbonyl (C=O) groups is 1. The summed E-state index contributed by atoms with van der Waals surface area (Å²) < 4.78 is 6.99. The molecule has 144 valence electrons. The summed E-state index contributed by atoms with van der Waals surface area (Å²) in [5, 5.41) is 21.5. The predicted molar refractivity (Wildman–Crippen MR) is 98.8 cm³/mol. The SMILES string of the molecule is C=CCC(O)(CC=C)[C@@H](C)NC(=O)c1cn(CCN2CCOCC2)nn1. The first-order chi connectivity index (χ1) is 12.5. The van der Waals surface area contributed by atoms with Crippen molar-refractivity contribution in [1.29, 1.82) is 0 Å². The third-order valence-corrected chi connectivity index (χ3v) is 4.67. The van der Waals surface area contributed by atoms with Gasteiger partial charge in [-0.1, -0.05) is 17.4 Å². The molecule has 0 radical (unpaired) electrons. The van der Waals surface area contributed by atoms with Crippen LogP contribution in [0, 0.1) is 0 Å². The molecule has 8 nitrogen and oxygen atoms in total. The van der Waals surface area contributed by atoms with E-state index < -0.39 is 11.6 Å². The van der Waals surface area contributed by atoms with E-state index in [1.165, 1.54) is 0 Å². The van der Waals surface area contributed by atoms with Crippen molar-refractivity contribution in [2.24, 2.45) is 0 Å². The Morgan fingerprint density at radius 2 is 2.04 bits per heavy atom. The standard InChI is InChI=1S/C18H29N5O3/c1-4-6-18(25,7-5-2)15(3)19-17(24)16-14-23(21-20-16)9-8-22-10-12-26-13-11-22/h4-5,14-15,25H,1-2,6-13H2,3H3,(H,19,24)/t15-/m1/s1. The number of hydrogen-bond acceptors (Lipinski definition) is 6. The van der Waals surface area contributed by atoms with E-state index in [0.717, 1.165) is 32.8 Å². The minimum absolute atomic E-state index is 0.235. The zero-order valence-corrected chi connectivity index (χ0v) is 15.4. The third-order valence-electron chi connectivity index (χ3n) is 4.67. The Kier molecular flexibility index (Phi) is 7.50. The zero-order chi connectivity index (χ0) is 19.0. The summed E-state index contributed by atoms with van der Waals surface area (Å²) in [5.74, 6) is -0.360. The lowest BCUT2D eigenvalue weighted by Gasteiger charge is -2.32. The van der Waals surface area contributed by atoms with Crippen LogP contribution in [0.5, 0.6) is 0 Å². The molecule has 1 atom stereocenters. The summed E-state index contributed by atoms with van der Waals surface area (Å²) >= 11 is 0. The highest BCUT2D eigenvalue weighted by Crippen LogP contribution is 2.21. The summed E-state index contributed by atoms with van der Waals surface area (Å²) in [6, 6.07) is -0.482. The van der Waals surface area contributed by atoms with Gasteiger partial charge in [-0.15, -0.1) is 18.3 Å². The molecule has 0 aliphatic carbocycles. The monoisotopic (exact) mass is 363 g/mol. The molecule has 0 aromatic carbocycles. The third kappa shape index (κ3) is 5.48. The number of rotatable bonds is 10. The predicted octanol–water partition coefficient (Wildman–Crippen LogP) is 0.612. The number of hydrogen-bond donors (Lipinski definition) is 2. The molecule has 8 heteroatoms. The Morgan fingerprint density at radius 3 is 2.65 bits per heavy atom. The van der Waals surface area contributed by atoms with Crippen LogP contribution in [0.2, 0.25) is 0 Å². The Labute approximate surface area is 154 Å². The fraction of sp³-hybridized carbons (Fsp3) is 0.611. The molecule has 0 bridgehead atoms. The highest BCUT2D eigenvalue weighted by Gasteiger charge is 2.33.